The van der Waals surface area contributed by atoms with Gasteiger partial charge in [0.25, 0.3) is 5.91 Å². The van der Waals surface area contributed by atoms with Crippen LogP contribution in [0.3, 0.4) is 0 Å². The molecule has 44 heavy (non-hydrogen) atoms. The highest BCUT2D eigenvalue weighted by Gasteiger charge is 2.45. The summed E-state index contributed by atoms with van der Waals surface area (Å²) < 4.78 is 108. The number of carbonyl (C=O) groups is 1. The van der Waals surface area contributed by atoms with E-state index in [1.165, 1.54) is 18.9 Å². The van der Waals surface area contributed by atoms with E-state index in [9.17, 15) is 36.4 Å². The van der Waals surface area contributed by atoms with Gasteiger partial charge in [0.05, 0.1) is 29.0 Å². The minimum absolute atomic E-state index is 0.0591. The largest absolute Gasteiger partial charge is 0.467 e. The van der Waals surface area contributed by atoms with Crippen molar-refractivity contribution in [3.05, 3.63) is 41.0 Å². The quantitative estimate of drug-likeness (QED) is 0.253. The Morgan fingerprint density at radius 3 is 2.50 bits per heavy atom. The average Bonchev–Trinajstić information content (AvgIpc) is 3.50. The van der Waals surface area contributed by atoms with Gasteiger partial charge in [-0.3, -0.25) is 4.79 Å². The Hall–Kier alpha value is -4.39. The van der Waals surface area contributed by atoms with Crippen molar-refractivity contribution in [2.24, 2.45) is 0 Å². The van der Waals surface area contributed by atoms with Crippen LogP contribution < -0.4 is 15.4 Å². The highest BCUT2D eigenvalue weighted by Crippen LogP contribution is 2.48. The molecule has 0 bridgehead atoms. The number of nitriles is 1. The van der Waals surface area contributed by atoms with Crippen LogP contribution in [0.5, 0.6) is 6.01 Å². The first-order chi connectivity index (χ1) is 20.5. The van der Waals surface area contributed by atoms with Crippen molar-refractivity contribution < 1.29 is 40.3 Å². The number of fused-ring (bicyclic) bond motifs is 2. The number of hydrogen-bond donors (Lipinski definition) is 1. The fourth-order valence-corrected chi connectivity index (χ4v) is 6.63. The van der Waals surface area contributed by atoms with Gasteiger partial charge < -0.3 is 20.3 Å². The number of amides is 1. The molecule has 2 aromatic carbocycles. The summed E-state index contributed by atoms with van der Waals surface area (Å²) in [7, 11) is 2.59. The molecule has 2 N–H and O–H groups in total. The van der Waals surface area contributed by atoms with E-state index in [1.807, 2.05) is 0 Å². The number of carbonyl (C=O) groups excluding carboxylic acids is 1. The third-order valence-corrected chi connectivity index (χ3v) is 8.79. The van der Waals surface area contributed by atoms with Gasteiger partial charge in [0.2, 0.25) is 0 Å². The fourth-order valence-electron chi connectivity index (χ4n) is 5.68. The van der Waals surface area contributed by atoms with Crippen LogP contribution >= 0.6 is 11.3 Å². The number of nitrogen functional groups attached to an aromatic ring is 1. The zero-order chi connectivity index (χ0) is 32.5. The Morgan fingerprint density at radius 1 is 1.23 bits per heavy atom. The van der Waals surface area contributed by atoms with E-state index in [1.54, 1.807) is 6.07 Å². The van der Waals surface area contributed by atoms with E-state index in [0.29, 0.717) is 24.3 Å². The smallest absolute Gasteiger partial charge is 0.417 e. The van der Waals surface area contributed by atoms with Crippen molar-refractivity contribution >= 4 is 49.1 Å². The predicted molar refractivity (Wildman–Crippen MR) is 150 cm³/mol. The third-order valence-electron chi connectivity index (χ3n) is 7.76. The molecule has 5 rings (SSSR count). The van der Waals surface area contributed by atoms with Crippen molar-refractivity contribution in [2.45, 2.75) is 44.5 Å². The first-order valence-corrected chi connectivity index (χ1v) is 13.8. The van der Waals surface area contributed by atoms with E-state index in [4.69, 9.17) is 10.5 Å². The van der Waals surface area contributed by atoms with E-state index in [-0.39, 0.29) is 44.8 Å². The van der Waals surface area contributed by atoms with Crippen molar-refractivity contribution in [2.75, 3.05) is 31.3 Å². The van der Waals surface area contributed by atoms with Crippen molar-refractivity contribution in [1.29, 1.82) is 5.26 Å². The molecule has 2 atom stereocenters. The maximum absolute atomic E-state index is 16.5. The molecule has 1 aliphatic heterocycles. The van der Waals surface area contributed by atoms with Crippen molar-refractivity contribution in [1.82, 2.24) is 14.9 Å². The van der Waals surface area contributed by atoms with Gasteiger partial charge in [-0.15, -0.1) is 11.3 Å². The summed E-state index contributed by atoms with van der Waals surface area (Å²) in [6.07, 6.45) is -5.00. The number of anilines is 2. The van der Waals surface area contributed by atoms with Crippen LogP contribution in [0.25, 0.3) is 32.1 Å². The second-order valence-corrected chi connectivity index (χ2v) is 11.4. The molecule has 16 heteroatoms. The number of likely N-dealkylation sites (tertiary alicyclic amines) is 1. The number of halogens is 7. The molecule has 4 aromatic rings. The summed E-state index contributed by atoms with van der Waals surface area (Å²) in [6, 6.07) is 2.25. The van der Waals surface area contributed by atoms with Gasteiger partial charge in [-0.05, 0) is 31.0 Å². The lowest BCUT2D eigenvalue weighted by Crippen LogP contribution is -2.48. The van der Waals surface area contributed by atoms with E-state index >= 15 is 4.39 Å². The molecular weight excluding hydrogens is 617 g/mol. The first-order valence-electron chi connectivity index (χ1n) is 13.0. The monoisotopic (exact) mass is 640 g/mol. The lowest BCUT2D eigenvalue weighted by Gasteiger charge is -2.33. The Kier molecular flexibility index (Phi) is 7.52. The maximum Gasteiger partial charge on any atom is 0.417 e. The number of likely N-dealkylation sites (N-methyl/N-ethyl adjacent to an activating group) is 1. The first kappa shape index (κ1) is 31.0. The number of thiophene rings is 1. The molecule has 1 amide bonds. The van der Waals surface area contributed by atoms with E-state index in [2.05, 4.69) is 9.97 Å². The Bertz CT molecular complexity index is 1860. The number of alkyl halides is 5. The van der Waals surface area contributed by atoms with Gasteiger partial charge in [0.1, 0.15) is 28.2 Å². The van der Waals surface area contributed by atoms with Crippen LogP contribution in [0.1, 0.15) is 31.4 Å². The predicted octanol–water partition coefficient (Wildman–Crippen LogP) is 6.35. The van der Waals surface area contributed by atoms with Crippen LogP contribution in [-0.2, 0) is 11.0 Å². The fraction of sp³-hybridized carbons (Fsp3) is 0.357. The summed E-state index contributed by atoms with van der Waals surface area (Å²) in [5.41, 5.74) is 2.08. The molecule has 1 saturated heterocycles. The number of ether oxygens (including phenoxy) is 1. The van der Waals surface area contributed by atoms with Crippen LogP contribution in [0.4, 0.5) is 41.6 Å². The van der Waals surface area contributed by atoms with Crippen LogP contribution in [0.15, 0.2) is 18.2 Å². The summed E-state index contributed by atoms with van der Waals surface area (Å²) in [5, 5.41) is 8.83. The lowest BCUT2D eigenvalue weighted by molar-refractivity contribution is -0.155. The Morgan fingerprint density at radius 2 is 1.91 bits per heavy atom. The highest BCUT2D eigenvalue weighted by atomic mass is 32.1. The molecular formula is C28H23F7N6O2S. The Balaban J connectivity index is 1.78. The number of benzene rings is 2. The molecule has 232 valence electrons. The number of methoxy groups -OCH3 is 1. The number of aromatic nitrogens is 2. The molecule has 0 radical (unpaired) electrons. The molecule has 2 aromatic heterocycles. The Labute approximate surface area is 249 Å². The second-order valence-electron chi connectivity index (χ2n) is 10.4. The van der Waals surface area contributed by atoms with Gasteiger partial charge in [-0.2, -0.15) is 37.2 Å². The molecule has 0 spiro atoms. The van der Waals surface area contributed by atoms with Crippen LogP contribution in [-0.4, -0.2) is 59.5 Å². The summed E-state index contributed by atoms with van der Waals surface area (Å²) in [6.45, 7) is 1.92. The normalized spacial score (nSPS) is 17.4. The lowest BCUT2D eigenvalue weighted by atomic mass is 9.92. The van der Waals surface area contributed by atoms with Gasteiger partial charge >= 0.3 is 18.1 Å². The van der Waals surface area contributed by atoms with Crippen LogP contribution in [0.2, 0.25) is 0 Å². The minimum atomic E-state index is -5.16. The van der Waals surface area contributed by atoms with Gasteiger partial charge in [-0.1, -0.05) is 6.07 Å². The minimum Gasteiger partial charge on any atom is -0.467 e. The highest BCUT2D eigenvalue weighted by molar-refractivity contribution is 7.23. The second kappa shape index (κ2) is 10.7. The number of hydrogen-bond acceptors (Lipinski definition) is 8. The third kappa shape index (κ3) is 4.88. The average molecular weight is 641 g/mol. The molecule has 0 aliphatic carbocycles. The van der Waals surface area contributed by atoms with E-state index in [0.717, 1.165) is 24.1 Å². The maximum atomic E-state index is 16.5. The summed E-state index contributed by atoms with van der Waals surface area (Å²) in [5.74, 6) is -7.56. The SMILES string of the molecule is COc1nc(N(C)C2CCN(C(=O)C(C)(F)F)C2C)c2cc(C(F)(F)F)c(-c3ccc(F)c4sc(N)c(C#N)c34)c(F)c2n1. The van der Waals surface area contributed by atoms with Gasteiger partial charge in [-0.25, -0.2) is 8.78 Å². The van der Waals surface area contributed by atoms with Crippen molar-refractivity contribution in [3.8, 4) is 23.2 Å². The topological polar surface area (TPSA) is 108 Å². The zero-order valence-corrected chi connectivity index (χ0v) is 24.3. The van der Waals surface area contributed by atoms with Crippen molar-refractivity contribution in [3.63, 3.8) is 0 Å². The van der Waals surface area contributed by atoms with Gasteiger partial charge in [0, 0.05) is 42.9 Å². The van der Waals surface area contributed by atoms with Gasteiger partial charge in [0.15, 0.2) is 5.82 Å². The molecule has 8 nitrogen and oxygen atoms in total. The van der Waals surface area contributed by atoms with E-state index < -0.39 is 69.9 Å². The summed E-state index contributed by atoms with van der Waals surface area (Å²) in [4.78, 5) is 22.8. The molecule has 2 unspecified atom stereocenters. The standard InChI is InChI=1S/C28H23F7N6O2S/c1-11-17(7-8-41(11)25(42)27(2,31)32)40(3)24-13-9-15(28(33,34)35)19(20(30)21(13)38-26(39-24)43-4)12-5-6-16(29)22-18(12)14(10-36)23(37)44-22/h5-6,9,11,17H,7-8,37H2,1-4H3. The zero-order valence-electron chi connectivity index (χ0n) is 23.5. The van der Waals surface area contributed by atoms with Crippen LogP contribution in [0, 0.1) is 23.0 Å². The summed E-state index contributed by atoms with van der Waals surface area (Å²) >= 11 is 0.641. The number of nitrogens with two attached hydrogens (primary N) is 1. The molecule has 1 fully saturated rings. The number of rotatable bonds is 5. The number of nitrogens with zero attached hydrogens (tertiary/aromatic N) is 5. The molecule has 0 saturated carbocycles. The molecule has 1 aliphatic rings. The molecule has 3 heterocycles.